The largest absolute Gasteiger partial charge is 0.466 e. The summed E-state index contributed by atoms with van der Waals surface area (Å²) < 4.78 is 5.47. The molecule has 3 rings (SSSR count). The summed E-state index contributed by atoms with van der Waals surface area (Å²) in [6, 6.07) is 3.42. The number of nitrogens with one attached hydrogen (secondary N) is 1. The van der Waals surface area contributed by atoms with Gasteiger partial charge >= 0.3 is 0 Å². The van der Waals surface area contributed by atoms with E-state index in [1.165, 1.54) is 12.8 Å². The molecule has 2 aliphatic heterocycles. The molecular weight excluding hydrogens is 276 g/mol. The molecule has 2 saturated heterocycles. The first kappa shape index (κ1) is 15.4. The lowest BCUT2D eigenvalue weighted by Gasteiger charge is -2.35. The lowest BCUT2D eigenvalue weighted by atomic mass is 9.98. The molecule has 1 amide bonds. The Bertz CT molecular complexity index is 488. The highest BCUT2D eigenvalue weighted by atomic mass is 35.5. The van der Waals surface area contributed by atoms with Crippen LogP contribution in [0.1, 0.15) is 47.6 Å². The fraction of sp³-hybridized carbons (Fsp3) is 0.667. The molecule has 0 aromatic carbocycles. The number of aryl methyl sites for hydroxylation is 2. The molecule has 1 aromatic heterocycles. The van der Waals surface area contributed by atoms with Crippen LogP contribution in [0.2, 0.25) is 0 Å². The topological polar surface area (TPSA) is 45.5 Å². The first-order chi connectivity index (χ1) is 9.04. The first-order valence-electron chi connectivity index (χ1n) is 7.15. The van der Waals surface area contributed by atoms with Crippen molar-refractivity contribution in [1.82, 2.24) is 10.2 Å². The van der Waals surface area contributed by atoms with Gasteiger partial charge in [0.15, 0.2) is 0 Å². The summed E-state index contributed by atoms with van der Waals surface area (Å²) in [7, 11) is 1.93. The van der Waals surface area contributed by atoms with Gasteiger partial charge in [0.05, 0.1) is 5.56 Å². The van der Waals surface area contributed by atoms with Gasteiger partial charge in [-0.2, -0.15) is 0 Å². The highest BCUT2D eigenvalue weighted by Gasteiger charge is 2.36. The van der Waals surface area contributed by atoms with E-state index in [-0.39, 0.29) is 18.3 Å². The molecule has 2 atom stereocenters. The third-order valence-electron chi connectivity index (χ3n) is 4.59. The monoisotopic (exact) mass is 298 g/mol. The number of carbonyl (C=O) groups is 1. The molecule has 0 spiro atoms. The van der Waals surface area contributed by atoms with Gasteiger partial charge in [-0.15, -0.1) is 12.4 Å². The zero-order chi connectivity index (χ0) is 13.6. The van der Waals surface area contributed by atoms with E-state index in [2.05, 4.69) is 5.32 Å². The van der Waals surface area contributed by atoms with Gasteiger partial charge < -0.3 is 14.6 Å². The zero-order valence-corrected chi connectivity index (χ0v) is 13.1. The minimum Gasteiger partial charge on any atom is -0.466 e. The van der Waals surface area contributed by atoms with Crippen LogP contribution >= 0.6 is 12.4 Å². The lowest BCUT2D eigenvalue weighted by Crippen LogP contribution is -2.48. The number of rotatable bonds is 2. The van der Waals surface area contributed by atoms with Crippen molar-refractivity contribution in [2.24, 2.45) is 0 Å². The Kier molecular flexibility index (Phi) is 4.45. The average Bonchev–Trinajstić information content (AvgIpc) is 2.89. The van der Waals surface area contributed by atoms with Crippen molar-refractivity contribution in [1.29, 1.82) is 0 Å². The molecule has 0 saturated carbocycles. The van der Waals surface area contributed by atoms with E-state index >= 15 is 0 Å². The van der Waals surface area contributed by atoms with E-state index in [9.17, 15) is 4.79 Å². The highest BCUT2D eigenvalue weighted by Crippen LogP contribution is 2.30. The smallest absolute Gasteiger partial charge is 0.257 e. The van der Waals surface area contributed by atoms with Gasteiger partial charge in [0.1, 0.15) is 11.5 Å². The predicted octanol–water partition coefficient (Wildman–Crippen LogP) is 2.67. The molecular formula is C15H23ClN2O2. The van der Waals surface area contributed by atoms with Crippen molar-refractivity contribution in [3.8, 4) is 0 Å². The van der Waals surface area contributed by atoms with Crippen LogP contribution in [0.5, 0.6) is 0 Å². The number of nitrogens with zero attached hydrogens (tertiary/aromatic N) is 1. The fourth-order valence-corrected chi connectivity index (χ4v) is 3.54. The summed E-state index contributed by atoms with van der Waals surface area (Å²) in [6.45, 7) is 3.74. The van der Waals surface area contributed by atoms with Gasteiger partial charge in [0, 0.05) is 25.2 Å². The number of hydrogen-bond donors (Lipinski definition) is 1. The standard InChI is InChI=1S/C15H22N2O2.ClH/c1-9-6-14(10(2)19-9)15(18)17(3)13-7-11-4-5-12(8-13)16-11;/h6,11-13,16H,4-5,7-8H2,1-3H3;1H. The van der Waals surface area contributed by atoms with Crippen LogP contribution in [-0.4, -0.2) is 36.0 Å². The molecule has 0 radical (unpaired) electrons. The quantitative estimate of drug-likeness (QED) is 0.913. The highest BCUT2D eigenvalue weighted by molar-refractivity contribution is 5.95. The van der Waals surface area contributed by atoms with Gasteiger partial charge in [-0.3, -0.25) is 4.79 Å². The molecule has 20 heavy (non-hydrogen) atoms. The van der Waals surface area contributed by atoms with E-state index in [1.54, 1.807) is 0 Å². The van der Waals surface area contributed by atoms with Gasteiger partial charge in [0.25, 0.3) is 5.91 Å². The molecule has 112 valence electrons. The Labute approximate surface area is 126 Å². The number of carbonyl (C=O) groups excluding carboxylic acids is 1. The molecule has 5 heteroatoms. The Morgan fingerprint density at radius 1 is 1.30 bits per heavy atom. The maximum atomic E-state index is 12.6. The minimum absolute atomic E-state index is 0. The van der Waals surface area contributed by atoms with Crippen LogP contribution in [0.25, 0.3) is 0 Å². The number of fused-ring (bicyclic) bond motifs is 2. The van der Waals surface area contributed by atoms with E-state index in [4.69, 9.17) is 4.42 Å². The molecule has 3 heterocycles. The summed E-state index contributed by atoms with van der Waals surface area (Å²) >= 11 is 0. The Hall–Kier alpha value is -1.000. The number of hydrogen-bond acceptors (Lipinski definition) is 3. The van der Waals surface area contributed by atoms with Crippen molar-refractivity contribution in [2.75, 3.05) is 7.05 Å². The van der Waals surface area contributed by atoms with Crippen molar-refractivity contribution in [3.05, 3.63) is 23.2 Å². The molecule has 2 aliphatic rings. The summed E-state index contributed by atoms with van der Waals surface area (Å²) in [4.78, 5) is 14.5. The molecule has 1 aromatic rings. The van der Waals surface area contributed by atoms with Gasteiger partial charge in [-0.25, -0.2) is 0 Å². The Morgan fingerprint density at radius 3 is 2.40 bits per heavy atom. The van der Waals surface area contributed by atoms with Crippen LogP contribution in [0.4, 0.5) is 0 Å². The zero-order valence-electron chi connectivity index (χ0n) is 12.3. The molecule has 2 unspecified atom stereocenters. The second-order valence-corrected chi connectivity index (χ2v) is 6.01. The number of furan rings is 1. The molecule has 4 nitrogen and oxygen atoms in total. The van der Waals surface area contributed by atoms with Crippen molar-refractivity contribution < 1.29 is 9.21 Å². The van der Waals surface area contributed by atoms with Crippen LogP contribution in [-0.2, 0) is 0 Å². The van der Waals surface area contributed by atoms with Gasteiger partial charge in [0.2, 0.25) is 0 Å². The minimum atomic E-state index is 0. The molecule has 1 N–H and O–H groups in total. The third-order valence-corrected chi connectivity index (χ3v) is 4.59. The first-order valence-corrected chi connectivity index (χ1v) is 7.15. The second-order valence-electron chi connectivity index (χ2n) is 6.01. The summed E-state index contributed by atoms with van der Waals surface area (Å²) in [5, 5.41) is 3.61. The van der Waals surface area contributed by atoms with Crippen LogP contribution < -0.4 is 5.32 Å². The van der Waals surface area contributed by atoms with Crippen LogP contribution in [0.3, 0.4) is 0 Å². The summed E-state index contributed by atoms with van der Waals surface area (Å²) in [6.07, 6.45) is 4.67. The van der Waals surface area contributed by atoms with E-state index in [1.807, 2.05) is 31.9 Å². The molecule has 2 bridgehead atoms. The van der Waals surface area contributed by atoms with Crippen LogP contribution in [0.15, 0.2) is 10.5 Å². The Morgan fingerprint density at radius 2 is 1.90 bits per heavy atom. The number of amides is 1. The maximum Gasteiger partial charge on any atom is 0.257 e. The lowest BCUT2D eigenvalue weighted by molar-refractivity contribution is 0.0680. The van der Waals surface area contributed by atoms with E-state index in [0.29, 0.717) is 23.7 Å². The normalized spacial score (nSPS) is 28.1. The number of halogens is 1. The molecule has 0 aliphatic carbocycles. The van der Waals surface area contributed by atoms with Gasteiger partial charge in [-0.1, -0.05) is 0 Å². The second kappa shape index (κ2) is 5.78. The number of piperidine rings is 1. The predicted molar refractivity (Wildman–Crippen MR) is 80.5 cm³/mol. The van der Waals surface area contributed by atoms with E-state index < -0.39 is 0 Å². The average molecular weight is 299 g/mol. The SMILES string of the molecule is Cc1cc(C(=O)N(C)C2CC3CCC(C2)N3)c(C)o1.Cl. The third kappa shape index (κ3) is 2.72. The molecule has 2 fully saturated rings. The summed E-state index contributed by atoms with van der Waals surface area (Å²) in [5.41, 5.74) is 0.714. The van der Waals surface area contributed by atoms with Crippen LogP contribution in [0, 0.1) is 13.8 Å². The summed E-state index contributed by atoms with van der Waals surface area (Å²) in [5.74, 6) is 1.63. The fourth-order valence-electron chi connectivity index (χ4n) is 3.54. The Balaban J connectivity index is 0.00000147. The van der Waals surface area contributed by atoms with Crippen molar-refractivity contribution >= 4 is 18.3 Å². The van der Waals surface area contributed by atoms with E-state index in [0.717, 1.165) is 24.4 Å². The van der Waals surface area contributed by atoms with Gasteiger partial charge in [-0.05, 0) is 45.6 Å². The maximum absolute atomic E-state index is 12.6. The van der Waals surface area contributed by atoms with Crippen molar-refractivity contribution in [2.45, 2.75) is 57.7 Å². The van der Waals surface area contributed by atoms with Crippen molar-refractivity contribution in [3.63, 3.8) is 0 Å².